The molecule has 5 nitrogen and oxygen atoms in total. The maximum atomic E-state index is 12.7. The van der Waals surface area contributed by atoms with Crippen LogP contribution in [0, 0.1) is 0 Å². The van der Waals surface area contributed by atoms with Crippen molar-refractivity contribution >= 4 is 11.8 Å². The summed E-state index contributed by atoms with van der Waals surface area (Å²) in [4.78, 5) is 26.3. The molecule has 0 saturated carbocycles. The molecule has 1 saturated heterocycles. The number of carbonyl (C=O) groups is 2. The van der Waals surface area contributed by atoms with Crippen LogP contribution in [-0.4, -0.2) is 42.4 Å². The normalized spacial score (nSPS) is 24.5. The molecule has 2 heterocycles. The summed E-state index contributed by atoms with van der Waals surface area (Å²) in [5.41, 5.74) is 2.48. The SMILES string of the molecule is CNC(=O)C1CCCN1C(=O)[C@@H]1Cc2ccccc2CN1. The molecule has 2 amide bonds. The highest BCUT2D eigenvalue weighted by molar-refractivity contribution is 5.90. The van der Waals surface area contributed by atoms with Crippen molar-refractivity contribution < 1.29 is 9.59 Å². The predicted molar refractivity (Wildman–Crippen MR) is 79.6 cm³/mol. The van der Waals surface area contributed by atoms with E-state index in [1.54, 1.807) is 11.9 Å². The minimum absolute atomic E-state index is 0.0515. The average molecular weight is 287 g/mol. The summed E-state index contributed by atoms with van der Waals surface area (Å²) >= 11 is 0. The number of fused-ring (bicyclic) bond motifs is 1. The summed E-state index contributed by atoms with van der Waals surface area (Å²) in [5, 5.41) is 5.96. The number of nitrogens with zero attached hydrogens (tertiary/aromatic N) is 1. The van der Waals surface area contributed by atoms with Crippen molar-refractivity contribution in [3.8, 4) is 0 Å². The van der Waals surface area contributed by atoms with Crippen LogP contribution in [0.2, 0.25) is 0 Å². The number of likely N-dealkylation sites (tertiary alicyclic amines) is 1. The first-order valence-corrected chi connectivity index (χ1v) is 7.53. The fourth-order valence-electron chi connectivity index (χ4n) is 3.30. The van der Waals surface area contributed by atoms with Crippen LogP contribution >= 0.6 is 0 Å². The quantitative estimate of drug-likeness (QED) is 0.829. The lowest BCUT2D eigenvalue weighted by Crippen LogP contribution is -2.53. The van der Waals surface area contributed by atoms with Crippen LogP contribution in [-0.2, 0) is 22.6 Å². The van der Waals surface area contributed by atoms with E-state index < -0.39 is 0 Å². The van der Waals surface area contributed by atoms with E-state index in [4.69, 9.17) is 0 Å². The molecule has 112 valence electrons. The molecule has 0 spiro atoms. The van der Waals surface area contributed by atoms with Crippen LogP contribution in [0.3, 0.4) is 0 Å². The zero-order valence-electron chi connectivity index (χ0n) is 12.3. The molecule has 2 atom stereocenters. The lowest BCUT2D eigenvalue weighted by molar-refractivity contribution is -0.140. The smallest absolute Gasteiger partial charge is 0.242 e. The molecule has 2 aliphatic rings. The highest BCUT2D eigenvalue weighted by Gasteiger charge is 2.37. The third-order valence-electron chi connectivity index (χ3n) is 4.46. The molecule has 0 bridgehead atoms. The lowest BCUT2D eigenvalue weighted by atomic mass is 9.95. The monoisotopic (exact) mass is 287 g/mol. The van der Waals surface area contributed by atoms with Gasteiger partial charge in [0.1, 0.15) is 6.04 Å². The van der Waals surface area contributed by atoms with Gasteiger partial charge in [0.05, 0.1) is 6.04 Å². The number of hydrogen-bond donors (Lipinski definition) is 2. The topological polar surface area (TPSA) is 61.4 Å². The Kier molecular flexibility index (Phi) is 3.92. The minimum Gasteiger partial charge on any atom is -0.357 e. The molecular formula is C16H21N3O2. The molecule has 3 rings (SSSR count). The van der Waals surface area contributed by atoms with Gasteiger partial charge in [0.2, 0.25) is 11.8 Å². The van der Waals surface area contributed by atoms with E-state index in [1.807, 2.05) is 12.1 Å². The Balaban J connectivity index is 1.73. The van der Waals surface area contributed by atoms with Gasteiger partial charge >= 0.3 is 0 Å². The largest absolute Gasteiger partial charge is 0.357 e. The number of hydrogen-bond acceptors (Lipinski definition) is 3. The van der Waals surface area contributed by atoms with Crippen molar-refractivity contribution in [3.63, 3.8) is 0 Å². The summed E-state index contributed by atoms with van der Waals surface area (Å²) in [6.07, 6.45) is 2.35. The van der Waals surface area contributed by atoms with Crippen LogP contribution in [0.15, 0.2) is 24.3 Å². The van der Waals surface area contributed by atoms with Gasteiger partial charge in [-0.3, -0.25) is 9.59 Å². The first kappa shape index (κ1) is 14.1. The van der Waals surface area contributed by atoms with Gasteiger partial charge in [-0.05, 0) is 30.4 Å². The van der Waals surface area contributed by atoms with Gasteiger partial charge in [-0.15, -0.1) is 0 Å². The first-order valence-electron chi connectivity index (χ1n) is 7.53. The number of nitrogens with one attached hydrogen (secondary N) is 2. The molecular weight excluding hydrogens is 266 g/mol. The van der Waals surface area contributed by atoms with E-state index in [2.05, 4.69) is 22.8 Å². The highest BCUT2D eigenvalue weighted by Crippen LogP contribution is 2.22. The number of benzene rings is 1. The van der Waals surface area contributed by atoms with Crippen molar-refractivity contribution in [1.29, 1.82) is 0 Å². The first-order chi connectivity index (χ1) is 10.2. The maximum Gasteiger partial charge on any atom is 0.242 e. The molecule has 21 heavy (non-hydrogen) atoms. The number of carbonyl (C=O) groups excluding carboxylic acids is 2. The summed E-state index contributed by atoms with van der Waals surface area (Å²) in [7, 11) is 1.62. The molecule has 2 N–H and O–H groups in total. The molecule has 1 fully saturated rings. The van der Waals surface area contributed by atoms with Gasteiger partial charge in [-0.2, -0.15) is 0 Å². The van der Waals surface area contributed by atoms with E-state index in [0.717, 1.165) is 12.8 Å². The van der Waals surface area contributed by atoms with E-state index in [1.165, 1.54) is 11.1 Å². The molecule has 0 aromatic heterocycles. The Morgan fingerprint density at radius 3 is 2.81 bits per heavy atom. The fourth-order valence-corrected chi connectivity index (χ4v) is 3.30. The van der Waals surface area contributed by atoms with Crippen molar-refractivity contribution in [2.24, 2.45) is 0 Å². The Bertz CT molecular complexity index is 558. The second kappa shape index (κ2) is 5.85. The third-order valence-corrected chi connectivity index (χ3v) is 4.46. The van der Waals surface area contributed by atoms with Crippen molar-refractivity contribution in [2.75, 3.05) is 13.6 Å². The highest BCUT2D eigenvalue weighted by atomic mass is 16.2. The van der Waals surface area contributed by atoms with Gasteiger partial charge in [0, 0.05) is 20.1 Å². The molecule has 5 heteroatoms. The van der Waals surface area contributed by atoms with Gasteiger partial charge < -0.3 is 15.5 Å². The molecule has 2 aliphatic heterocycles. The zero-order valence-corrected chi connectivity index (χ0v) is 12.3. The Hall–Kier alpha value is -1.88. The molecule has 0 radical (unpaired) electrons. The van der Waals surface area contributed by atoms with Crippen LogP contribution in [0.1, 0.15) is 24.0 Å². The minimum atomic E-state index is -0.304. The van der Waals surface area contributed by atoms with Crippen LogP contribution in [0.4, 0.5) is 0 Å². The van der Waals surface area contributed by atoms with E-state index >= 15 is 0 Å². The van der Waals surface area contributed by atoms with Crippen LogP contribution in [0.25, 0.3) is 0 Å². The van der Waals surface area contributed by atoms with Crippen molar-refractivity contribution in [3.05, 3.63) is 35.4 Å². The van der Waals surface area contributed by atoms with Crippen LogP contribution in [0.5, 0.6) is 0 Å². The maximum absolute atomic E-state index is 12.7. The second-order valence-corrected chi connectivity index (χ2v) is 5.71. The Morgan fingerprint density at radius 2 is 2.05 bits per heavy atom. The Morgan fingerprint density at radius 1 is 1.29 bits per heavy atom. The standard InChI is InChI=1S/C16H21N3O2/c1-17-15(20)14-7-4-8-19(14)16(21)13-9-11-5-2-3-6-12(11)10-18-13/h2-3,5-6,13-14,18H,4,7-10H2,1H3,(H,17,20)/t13-,14?/m0/s1. The van der Waals surface area contributed by atoms with E-state index in [-0.39, 0.29) is 23.9 Å². The molecule has 1 aromatic carbocycles. The summed E-state index contributed by atoms with van der Waals surface area (Å²) < 4.78 is 0. The fraction of sp³-hybridized carbons (Fsp3) is 0.500. The van der Waals surface area contributed by atoms with Gasteiger partial charge in [0.25, 0.3) is 0 Å². The van der Waals surface area contributed by atoms with Gasteiger partial charge in [-0.25, -0.2) is 0 Å². The van der Waals surface area contributed by atoms with Gasteiger partial charge in [0.15, 0.2) is 0 Å². The predicted octanol–water partition coefficient (Wildman–Crippen LogP) is 0.438. The Labute approximate surface area is 124 Å². The number of amides is 2. The molecule has 0 aliphatic carbocycles. The van der Waals surface area contributed by atoms with Crippen molar-refractivity contribution in [2.45, 2.75) is 37.9 Å². The van der Waals surface area contributed by atoms with Gasteiger partial charge in [-0.1, -0.05) is 24.3 Å². The van der Waals surface area contributed by atoms with E-state index in [0.29, 0.717) is 19.5 Å². The van der Waals surface area contributed by atoms with Crippen LogP contribution < -0.4 is 10.6 Å². The number of likely N-dealkylation sites (N-methyl/N-ethyl adjacent to an activating group) is 1. The summed E-state index contributed by atoms with van der Waals surface area (Å²) in [6.45, 7) is 1.39. The molecule has 1 aromatic rings. The lowest BCUT2D eigenvalue weighted by Gasteiger charge is -2.31. The molecule has 1 unspecified atom stereocenters. The summed E-state index contributed by atoms with van der Waals surface area (Å²) in [6, 6.07) is 7.68. The number of rotatable bonds is 2. The third kappa shape index (κ3) is 2.65. The summed E-state index contributed by atoms with van der Waals surface area (Å²) in [5.74, 6) is -0.00679. The average Bonchev–Trinajstić information content (AvgIpc) is 3.02. The second-order valence-electron chi connectivity index (χ2n) is 5.71. The van der Waals surface area contributed by atoms with Crippen molar-refractivity contribution in [1.82, 2.24) is 15.5 Å². The van der Waals surface area contributed by atoms with E-state index in [9.17, 15) is 9.59 Å². The zero-order chi connectivity index (χ0) is 14.8.